The average molecular weight is 287 g/mol. The lowest BCUT2D eigenvalue weighted by Gasteiger charge is -2.05. The molecule has 0 saturated carbocycles. The van der Waals surface area contributed by atoms with Gasteiger partial charge in [0.2, 0.25) is 0 Å². The van der Waals surface area contributed by atoms with E-state index in [1.54, 1.807) is 11.3 Å². The molecule has 2 aromatic heterocycles. The molecular formula is C15H17N3OS. The zero-order valence-corrected chi connectivity index (χ0v) is 12.4. The second-order valence-electron chi connectivity index (χ2n) is 4.41. The van der Waals surface area contributed by atoms with Crippen molar-refractivity contribution in [2.45, 2.75) is 13.5 Å². The lowest BCUT2D eigenvalue weighted by atomic mass is 10.3. The summed E-state index contributed by atoms with van der Waals surface area (Å²) in [7, 11) is 1.88. The van der Waals surface area contributed by atoms with Crippen LogP contribution in [-0.2, 0) is 13.6 Å². The third-order valence-corrected chi connectivity index (χ3v) is 3.95. The Morgan fingerprint density at radius 1 is 1.50 bits per heavy atom. The molecular weight excluding hydrogens is 270 g/mol. The van der Waals surface area contributed by atoms with Crippen LogP contribution in [0.2, 0.25) is 0 Å². The van der Waals surface area contributed by atoms with Crippen LogP contribution in [0.1, 0.15) is 26.6 Å². The fourth-order valence-corrected chi connectivity index (χ4v) is 2.55. The predicted octanol–water partition coefficient (Wildman–Crippen LogP) is 1.64. The molecule has 4 nitrogen and oxygen atoms in total. The number of amides is 1. The highest BCUT2D eigenvalue weighted by Gasteiger charge is 2.10. The van der Waals surface area contributed by atoms with Gasteiger partial charge in [0.05, 0.1) is 13.1 Å². The SMILES string of the molecule is Cc1ccc(C(=O)NCc2cc(C#CCN)cs2)n1C. The Balaban J connectivity index is 1.97. The molecule has 0 bridgehead atoms. The van der Waals surface area contributed by atoms with Crippen molar-refractivity contribution in [2.24, 2.45) is 12.8 Å². The molecule has 0 spiro atoms. The highest BCUT2D eigenvalue weighted by molar-refractivity contribution is 7.10. The molecule has 0 saturated heterocycles. The zero-order chi connectivity index (χ0) is 14.5. The number of nitrogens with two attached hydrogens (primary N) is 1. The number of rotatable bonds is 3. The minimum atomic E-state index is -0.0661. The van der Waals surface area contributed by atoms with E-state index in [1.165, 1.54) is 0 Å². The van der Waals surface area contributed by atoms with Crippen LogP contribution in [0.4, 0.5) is 0 Å². The van der Waals surface area contributed by atoms with Gasteiger partial charge in [-0.3, -0.25) is 4.79 Å². The molecule has 0 aliphatic rings. The Labute approximate surface area is 122 Å². The Morgan fingerprint density at radius 2 is 2.30 bits per heavy atom. The molecule has 3 N–H and O–H groups in total. The fraction of sp³-hybridized carbons (Fsp3) is 0.267. The molecule has 0 aliphatic carbocycles. The van der Waals surface area contributed by atoms with E-state index in [0.29, 0.717) is 18.8 Å². The molecule has 2 heterocycles. The first kappa shape index (κ1) is 14.4. The molecule has 0 fully saturated rings. The maximum atomic E-state index is 12.1. The molecule has 0 atom stereocenters. The van der Waals surface area contributed by atoms with E-state index in [2.05, 4.69) is 17.2 Å². The van der Waals surface area contributed by atoms with Gasteiger partial charge in [0.1, 0.15) is 5.69 Å². The lowest BCUT2D eigenvalue weighted by molar-refractivity contribution is 0.0943. The van der Waals surface area contributed by atoms with Gasteiger partial charge in [-0.1, -0.05) is 11.8 Å². The summed E-state index contributed by atoms with van der Waals surface area (Å²) in [5, 5.41) is 4.89. The largest absolute Gasteiger partial charge is 0.346 e. The van der Waals surface area contributed by atoms with E-state index in [4.69, 9.17) is 5.73 Å². The number of carbonyl (C=O) groups is 1. The van der Waals surface area contributed by atoms with E-state index in [1.807, 2.05) is 42.1 Å². The summed E-state index contributed by atoms with van der Waals surface area (Å²) in [6.45, 7) is 2.84. The van der Waals surface area contributed by atoms with Crippen LogP contribution in [0.15, 0.2) is 23.6 Å². The van der Waals surface area contributed by atoms with Gasteiger partial charge in [-0.05, 0) is 25.1 Å². The van der Waals surface area contributed by atoms with Crippen LogP contribution in [0.25, 0.3) is 0 Å². The standard InChI is InChI=1S/C15H17N3OS/c1-11-5-6-14(18(11)2)15(19)17-9-13-8-12(10-20-13)4-3-7-16/h5-6,8,10H,7,9,16H2,1-2H3,(H,17,19). The zero-order valence-electron chi connectivity index (χ0n) is 11.6. The van der Waals surface area contributed by atoms with Gasteiger partial charge >= 0.3 is 0 Å². The van der Waals surface area contributed by atoms with Crippen LogP contribution in [0, 0.1) is 18.8 Å². The lowest BCUT2D eigenvalue weighted by Crippen LogP contribution is -2.24. The molecule has 5 heteroatoms. The normalized spacial score (nSPS) is 9.95. The van der Waals surface area contributed by atoms with Crippen LogP contribution < -0.4 is 11.1 Å². The number of hydrogen-bond acceptors (Lipinski definition) is 3. The van der Waals surface area contributed by atoms with E-state index < -0.39 is 0 Å². The topological polar surface area (TPSA) is 60.1 Å². The van der Waals surface area contributed by atoms with E-state index in [9.17, 15) is 4.79 Å². The maximum absolute atomic E-state index is 12.1. The predicted molar refractivity (Wildman–Crippen MR) is 81.6 cm³/mol. The van der Waals surface area contributed by atoms with Crippen molar-refractivity contribution in [1.29, 1.82) is 0 Å². The molecule has 0 radical (unpaired) electrons. The van der Waals surface area contributed by atoms with E-state index >= 15 is 0 Å². The van der Waals surface area contributed by atoms with Crippen molar-refractivity contribution in [2.75, 3.05) is 6.54 Å². The van der Waals surface area contributed by atoms with Crippen molar-refractivity contribution >= 4 is 17.2 Å². The molecule has 0 unspecified atom stereocenters. The number of nitrogens with zero attached hydrogens (tertiary/aromatic N) is 1. The number of carbonyl (C=O) groups excluding carboxylic acids is 1. The van der Waals surface area contributed by atoms with Crippen LogP contribution in [0.5, 0.6) is 0 Å². The van der Waals surface area contributed by atoms with Crippen molar-refractivity contribution in [3.05, 3.63) is 45.4 Å². The Morgan fingerprint density at radius 3 is 2.95 bits per heavy atom. The minimum Gasteiger partial charge on any atom is -0.346 e. The summed E-state index contributed by atoms with van der Waals surface area (Å²) in [6.07, 6.45) is 0. The van der Waals surface area contributed by atoms with Crippen molar-refractivity contribution in [3.63, 3.8) is 0 Å². The first-order chi connectivity index (χ1) is 9.61. The second kappa shape index (κ2) is 6.42. The van der Waals surface area contributed by atoms with Crippen molar-refractivity contribution < 1.29 is 4.79 Å². The van der Waals surface area contributed by atoms with E-state index in [0.717, 1.165) is 16.1 Å². The second-order valence-corrected chi connectivity index (χ2v) is 5.41. The molecule has 0 aromatic carbocycles. The first-order valence-corrected chi connectivity index (χ1v) is 7.16. The summed E-state index contributed by atoms with van der Waals surface area (Å²) in [4.78, 5) is 13.1. The van der Waals surface area contributed by atoms with Gasteiger partial charge in [0, 0.05) is 28.6 Å². The monoisotopic (exact) mass is 287 g/mol. The van der Waals surface area contributed by atoms with Gasteiger partial charge < -0.3 is 15.6 Å². The summed E-state index contributed by atoms with van der Waals surface area (Å²) in [5.74, 6) is 5.72. The number of nitrogens with one attached hydrogen (secondary N) is 1. The minimum absolute atomic E-state index is 0.0661. The molecule has 104 valence electrons. The maximum Gasteiger partial charge on any atom is 0.268 e. The summed E-state index contributed by atoms with van der Waals surface area (Å²) < 4.78 is 1.88. The third-order valence-electron chi connectivity index (χ3n) is 3.02. The molecule has 1 amide bonds. The summed E-state index contributed by atoms with van der Waals surface area (Å²) >= 11 is 1.58. The van der Waals surface area contributed by atoms with Gasteiger partial charge in [-0.15, -0.1) is 11.3 Å². The number of hydrogen-bond donors (Lipinski definition) is 2. The highest BCUT2D eigenvalue weighted by atomic mass is 32.1. The van der Waals surface area contributed by atoms with Crippen molar-refractivity contribution in [1.82, 2.24) is 9.88 Å². The fourth-order valence-electron chi connectivity index (χ4n) is 1.79. The first-order valence-electron chi connectivity index (χ1n) is 6.28. The molecule has 0 aliphatic heterocycles. The highest BCUT2D eigenvalue weighted by Crippen LogP contribution is 2.14. The molecule has 20 heavy (non-hydrogen) atoms. The molecule has 2 aromatic rings. The Kier molecular flexibility index (Phi) is 4.61. The molecule has 2 rings (SSSR count). The average Bonchev–Trinajstić information content (AvgIpc) is 3.02. The summed E-state index contributed by atoms with van der Waals surface area (Å²) in [6, 6.07) is 5.74. The Bertz CT molecular complexity index is 673. The van der Waals surface area contributed by atoms with Crippen LogP contribution >= 0.6 is 11.3 Å². The third kappa shape index (κ3) is 3.29. The van der Waals surface area contributed by atoms with Crippen LogP contribution in [-0.4, -0.2) is 17.0 Å². The number of aryl methyl sites for hydroxylation is 1. The van der Waals surface area contributed by atoms with Gasteiger partial charge in [-0.2, -0.15) is 0 Å². The number of aromatic nitrogens is 1. The van der Waals surface area contributed by atoms with E-state index in [-0.39, 0.29) is 5.91 Å². The van der Waals surface area contributed by atoms with Gasteiger partial charge in [-0.25, -0.2) is 0 Å². The summed E-state index contributed by atoms with van der Waals surface area (Å²) in [5.41, 5.74) is 8.01. The van der Waals surface area contributed by atoms with Crippen molar-refractivity contribution in [3.8, 4) is 11.8 Å². The van der Waals surface area contributed by atoms with Crippen LogP contribution in [0.3, 0.4) is 0 Å². The smallest absolute Gasteiger partial charge is 0.268 e. The van der Waals surface area contributed by atoms with Gasteiger partial charge in [0.15, 0.2) is 0 Å². The van der Waals surface area contributed by atoms with Gasteiger partial charge in [0.25, 0.3) is 5.91 Å². The Hall–Kier alpha value is -2.03. The number of thiophene rings is 1. The quantitative estimate of drug-likeness (QED) is 0.843.